The van der Waals surface area contributed by atoms with Gasteiger partial charge in [-0.1, -0.05) is 18.2 Å². The summed E-state index contributed by atoms with van der Waals surface area (Å²) in [6.07, 6.45) is 0. The van der Waals surface area contributed by atoms with Crippen molar-refractivity contribution in [2.75, 3.05) is 17.7 Å². The van der Waals surface area contributed by atoms with Gasteiger partial charge in [0.1, 0.15) is 5.82 Å². The zero-order valence-corrected chi connectivity index (χ0v) is 16.0. The van der Waals surface area contributed by atoms with Crippen LogP contribution in [0.15, 0.2) is 72.8 Å². The highest BCUT2D eigenvalue weighted by molar-refractivity contribution is 6.01. The summed E-state index contributed by atoms with van der Waals surface area (Å²) >= 11 is 0. The monoisotopic (exact) mass is 403 g/mol. The number of carbonyl (C=O) groups is 2. The first-order chi connectivity index (χ1) is 14.5. The molecular weight excluding hydrogens is 385 g/mol. The van der Waals surface area contributed by atoms with Crippen LogP contribution in [0.2, 0.25) is 0 Å². The Bertz CT molecular complexity index is 1250. The molecule has 0 unspecified atom stereocenters. The van der Waals surface area contributed by atoms with Crippen molar-refractivity contribution in [3.63, 3.8) is 0 Å². The Morgan fingerprint density at radius 3 is 2.40 bits per heavy atom. The molecule has 0 aliphatic carbocycles. The molecule has 30 heavy (non-hydrogen) atoms. The number of hydrogen-bond donors (Lipinski definition) is 3. The molecule has 150 valence electrons. The molecule has 0 radical (unpaired) electrons. The molecule has 0 bridgehead atoms. The highest BCUT2D eigenvalue weighted by Crippen LogP contribution is 2.26. The molecule has 4 aromatic rings. The second kappa shape index (κ2) is 8.08. The van der Waals surface area contributed by atoms with Gasteiger partial charge in [0, 0.05) is 33.5 Å². The molecule has 0 aliphatic rings. The van der Waals surface area contributed by atoms with Gasteiger partial charge in [0.15, 0.2) is 0 Å². The number of nitrogens with one attached hydrogen (secondary N) is 3. The topological polar surface area (TPSA) is 83.2 Å². The van der Waals surface area contributed by atoms with Gasteiger partial charge >= 0.3 is 12.0 Å². The second-order valence-corrected chi connectivity index (χ2v) is 6.65. The summed E-state index contributed by atoms with van der Waals surface area (Å²) in [5, 5.41) is 6.23. The molecule has 3 N–H and O–H groups in total. The van der Waals surface area contributed by atoms with Gasteiger partial charge in [-0.15, -0.1) is 0 Å². The maximum absolute atomic E-state index is 13.4. The lowest BCUT2D eigenvalue weighted by atomic mass is 10.1. The molecule has 3 aromatic carbocycles. The lowest BCUT2D eigenvalue weighted by molar-refractivity contribution is 0.0600. The van der Waals surface area contributed by atoms with Gasteiger partial charge in [-0.2, -0.15) is 0 Å². The minimum absolute atomic E-state index is 0.295. The van der Waals surface area contributed by atoms with E-state index in [1.54, 1.807) is 30.3 Å². The van der Waals surface area contributed by atoms with E-state index < -0.39 is 12.0 Å². The molecule has 6 nitrogen and oxygen atoms in total. The number of halogens is 1. The Balaban J connectivity index is 1.50. The number of ether oxygens (including phenoxy) is 1. The number of hydrogen-bond acceptors (Lipinski definition) is 3. The Kier molecular flexibility index (Phi) is 5.17. The minimum atomic E-state index is -0.482. The van der Waals surface area contributed by atoms with E-state index in [-0.39, 0.29) is 5.82 Å². The highest BCUT2D eigenvalue weighted by Gasteiger charge is 2.09. The maximum Gasteiger partial charge on any atom is 0.337 e. The minimum Gasteiger partial charge on any atom is -0.465 e. The van der Waals surface area contributed by atoms with Crippen molar-refractivity contribution in [3.8, 4) is 11.3 Å². The van der Waals surface area contributed by atoms with Crippen molar-refractivity contribution in [3.05, 3.63) is 84.2 Å². The molecule has 1 aromatic heterocycles. The number of aromatic nitrogens is 1. The molecule has 7 heteroatoms. The first-order valence-corrected chi connectivity index (χ1v) is 9.17. The van der Waals surface area contributed by atoms with Gasteiger partial charge in [-0.05, 0) is 54.6 Å². The fourth-order valence-electron chi connectivity index (χ4n) is 3.16. The van der Waals surface area contributed by atoms with E-state index in [2.05, 4.69) is 20.4 Å². The van der Waals surface area contributed by atoms with Gasteiger partial charge < -0.3 is 20.4 Å². The number of H-pyrrole nitrogens is 1. The number of anilines is 2. The predicted octanol–water partition coefficient (Wildman–Crippen LogP) is 5.40. The van der Waals surface area contributed by atoms with Crippen molar-refractivity contribution >= 4 is 34.3 Å². The molecule has 0 fully saturated rings. The normalized spacial score (nSPS) is 10.6. The third-order valence-corrected chi connectivity index (χ3v) is 4.56. The van der Waals surface area contributed by atoms with Gasteiger partial charge in [0.2, 0.25) is 0 Å². The van der Waals surface area contributed by atoms with Crippen LogP contribution in [0.1, 0.15) is 10.4 Å². The van der Waals surface area contributed by atoms with Gasteiger partial charge in [0.25, 0.3) is 0 Å². The average Bonchev–Trinajstić information content (AvgIpc) is 3.16. The number of fused-ring (bicyclic) bond motifs is 1. The van der Waals surface area contributed by atoms with Crippen LogP contribution in [-0.2, 0) is 4.74 Å². The van der Waals surface area contributed by atoms with E-state index >= 15 is 0 Å². The number of carbonyl (C=O) groups excluding carboxylic acids is 2. The molecule has 0 saturated heterocycles. The number of esters is 1. The first kappa shape index (κ1) is 19.2. The van der Waals surface area contributed by atoms with Crippen molar-refractivity contribution in [2.45, 2.75) is 0 Å². The molecule has 4 rings (SSSR count). The van der Waals surface area contributed by atoms with Crippen LogP contribution in [0.3, 0.4) is 0 Å². The van der Waals surface area contributed by atoms with Crippen molar-refractivity contribution in [2.24, 2.45) is 0 Å². The molecule has 1 heterocycles. The zero-order valence-electron chi connectivity index (χ0n) is 16.0. The van der Waals surface area contributed by atoms with Gasteiger partial charge in [-0.25, -0.2) is 14.0 Å². The van der Waals surface area contributed by atoms with Crippen LogP contribution in [0.4, 0.5) is 20.6 Å². The number of aromatic amines is 1. The third kappa shape index (κ3) is 4.15. The van der Waals surface area contributed by atoms with Gasteiger partial charge in [-0.3, -0.25) is 0 Å². The summed E-state index contributed by atoms with van der Waals surface area (Å²) in [6, 6.07) is 19.7. The maximum atomic E-state index is 13.4. The molecular formula is C23H18FN3O3. The molecule has 0 spiro atoms. The first-order valence-electron chi connectivity index (χ1n) is 9.17. The number of rotatable bonds is 4. The fourth-order valence-corrected chi connectivity index (χ4v) is 3.16. The van der Waals surface area contributed by atoms with Crippen LogP contribution < -0.4 is 10.6 Å². The second-order valence-electron chi connectivity index (χ2n) is 6.65. The largest absolute Gasteiger partial charge is 0.465 e. The molecule has 0 atom stereocenters. The van der Waals surface area contributed by atoms with E-state index in [1.807, 2.05) is 24.3 Å². The Hall–Kier alpha value is -4.13. The van der Waals surface area contributed by atoms with E-state index in [1.165, 1.54) is 25.3 Å². The lowest BCUT2D eigenvalue weighted by Crippen LogP contribution is -2.19. The highest BCUT2D eigenvalue weighted by atomic mass is 19.1. The van der Waals surface area contributed by atoms with E-state index in [0.717, 1.165) is 22.2 Å². The van der Waals surface area contributed by atoms with Crippen LogP contribution in [0, 0.1) is 5.82 Å². The summed E-state index contributed by atoms with van der Waals surface area (Å²) in [5.41, 5.74) is 3.87. The Labute approximate surface area is 171 Å². The number of benzene rings is 3. The van der Waals surface area contributed by atoms with Crippen LogP contribution in [0.25, 0.3) is 22.2 Å². The van der Waals surface area contributed by atoms with E-state index in [0.29, 0.717) is 16.9 Å². The zero-order chi connectivity index (χ0) is 21.1. The third-order valence-electron chi connectivity index (χ3n) is 4.56. The summed E-state index contributed by atoms with van der Waals surface area (Å²) in [5.74, 6) is -0.776. The Morgan fingerprint density at radius 1 is 0.900 bits per heavy atom. The number of amides is 2. The van der Waals surface area contributed by atoms with Crippen molar-refractivity contribution in [1.82, 2.24) is 4.98 Å². The van der Waals surface area contributed by atoms with Gasteiger partial charge in [0.05, 0.1) is 12.7 Å². The summed E-state index contributed by atoms with van der Waals surface area (Å²) < 4.78 is 18.1. The van der Waals surface area contributed by atoms with Crippen LogP contribution in [0.5, 0.6) is 0 Å². The summed E-state index contributed by atoms with van der Waals surface area (Å²) in [6.45, 7) is 0. The summed E-state index contributed by atoms with van der Waals surface area (Å²) in [4.78, 5) is 27.2. The van der Waals surface area contributed by atoms with E-state index in [4.69, 9.17) is 0 Å². The smallest absolute Gasteiger partial charge is 0.337 e. The SMILES string of the molecule is COC(=O)c1cccc(NC(=O)Nc2cccc(-c3cc4cc(F)ccc4[nH]3)c2)c1. The predicted molar refractivity (Wildman–Crippen MR) is 114 cm³/mol. The number of methoxy groups -OCH3 is 1. The molecule has 0 saturated carbocycles. The van der Waals surface area contributed by atoms with Crippen LogP contribution >= 0.6 is 0 Å². The standard InChI is InChI=1S/C23H18FN3O3/c1-30-22(28)15-5-3-7-19(12-15)26-23(29)25-18-6-2-4-14(11-18)21-13-16-10-17(24)8-9-20(16)27-21/h2-13,27H,1H3,(H2,25,26,29). The Morgan fingerprint density at radius 2 is 1.63 bits per heavy atom. The lowest BCUT2D eigenvalue weighted by Gasteiger charge is -2.09. The van der Waals surface area contributed by atoms with E-state index in [9.17, 15) is 14.0 Å². The van der Waals surface area contributed by atoms with Crippen LogP contribution in [-0.4, -0.2) is 24.1 Å². The average molecular weight is 403 g/mol. The quantitative estimate of drug-likeness (QED) is 0.399. The van der Waals surface area contributed by atoms with Crippen molar-refractivity contribution in [1.29, 1.82) is 0 Å². The molecule has 0 aliphatic heterocycles. The molecule has 2 amide bonds. The summed E-state index contributed by atoms with van der Waals surface area (Å²) in [7, 11) is 1.30. The number of urea groups is 1. The fraction of sp³-hybridized carbons (Fsp3) is 0.0435. The van der Waals surface area contributed by atoms with Crippen molar-refractivity contribution < 1.29 is 18.7 Å².